The van der Waals surface area contributed by atoms with Crippen molar-refractivity contribution in [1.82, 2.24) is 4.90 Å². The van der Waals surface area contributed by atoms with Crippen molar-refractivity contribution < 1.29 is 14.6 Å². The third-order valence-corrected chi connectivity index (χ3v) is 4.14. The number of carboxylic acids is 1. The Hall–Kier alpha value is -0.610. The van der Waals surface area contributed by atoms with Crippen molar-refractivity contribution in [2.75, 3.05) is 19.7 Å². The van der Waals surface area contributed by atoms with Gasteiger partial charge in [0.1, 0.15) is 5.54 Å². The van der Waals surface area contributed by atoms with Gasteiger partial charge in [-0.1, -0.05) is 19.3 Å². The van der Waals surface area contributed by atoms with Crippen LogP contribution in [0.15, 0.2) is 0 Å². The third kappa shape index (κ3) is 2.63. The number of carbonyl (C=O) groups is 1. The van der Waals surface area contributed by atoms with Crippen LogP contribution in [0, 0.1) is 0 Å². The molecule has 2 aliphatic rings. The van der Waals surface area contributed by atoms with E-state index >= 15 is 0 Å². The van der Waals surface area contributed by atoms with Crippen LogP contribution < -0.4 is 0 Å². The molecule has 0 aromatic rings. The van der Waals surface area contributed by atoms with Crippen molar-refractivity contribution in [3.05, 3.63) is 0 Å². The van der Waals surface area contributed by atoms with Gasteiger partial charge in [-0.05, 0) is 26.2 Å². The Morgan fingerprint density at radius 3 is 2.65 bits per heavy atom. The Kier molecular flexibility index (Phi) is 4.05. The van der Waals surface area contributed by atoms with Gasteiger partial charge in [-0.3, -0.25) is 9.69 Å². The van der Waals surface area contributed by atoms with Crippen LogP contribution >= 0.6 is 0 Å². The molecule has 0 bridgehead atoms. The van der Waals surface area contributed by atoms with E-state index < -0.39 is 11.5 Å². The average Bonchev–Trinajstić information content (AvgIpc) is 2.55. The summed E-state index contributed by atoms with van der Waals surface area (Å²) < 4.78 is 5.61. The minimum absolute atomic E-state index is 0.149. The second kappa shape index (κ2) is 5.36. The Morgan fingerprint density at radius 1 is 1.29 bits per heavy atom. The lowest BCUT2D eigenvalue weighted by molar-refractivity contribution is -0.155. The first-order chi connectivity index (χ1) is 8.15. The number of rotatable bonds is 2. The summed E-state index contributed by atoms with van der Waals surface area (Å²) >= 11 is 0. The van der Waals surface area contributed by atoms with E-state index in [-0.39, 0.29) is 6.10 Å². The van der Waals surface area contributed by atoms with Gasteiger partial charge in [-0.2, -0.15) is 0 Å². The lowest BCUT2D eigenvalue weighted by Crippen LogP contribution is -2.57. The largest absolute Gasteiger partial charge is 0.480 e. The molecule has 1 aliphatic carbocycles. The van der Waals surface area contributed by atoms with Crippen LogP contribution in [-0.2, 0) is 9.53 Å². The zero-order chi connectivity index (χ0) is 12.3. The lowest BCUT2D eigenvalue weighted by atomic mass is 9.80. The normalized spacial score (nSPS) is 30.8. The molecule has 1 heterocycles. The minimum Gasteiger partial charge on any atom is -0.480 e. The summed E-state index contributed by atoms with van der Waals surface area (Å²) in [6.45, 7) is 4.41. The van der Waals surface area contributed by atoms with Gasteiger partial charge in [0, 0.05) is 19.7 Å². The maximum absolute atomic E-state index is 11.7. The molecule has 1 saturated carbocycles. The first kappa shape index (κ1) is 12.8. The fraction of sp³-hybridized carbons (Fsp3) is 0.923. The molecule has 0 amide bonds. The van der Waals surface area contributed by atoms with Gasteiger partial charge >= 0.3 is 5.97 Å². The molecule has 2 fully saturated rings. The summed E-state index contributed by atoms with van der Waals surface area (Å²) in [7, 11) is 0. The fourth-order valence-corrected chi connectivity index (χ4v) is 3.19. The molecule has 98 valence electrons. The molecule has 4 heteroatoms. The molecule has 0 radical (unpaired) electrons. The van der Waals surface area contributed by atoms with Gasteiger partial charge in [0.05, 0.1) is 6.10 Å². The fourth-order valence-electron chi connectivity index (χ4n) is 3.19. The maximum atomic E-state index is 11.7. The molecule has 1 N–H and O–H groups in total. The number of nitrogens with zero attached hydrogens (tertiary/aromatic N) is 1. The smallest absolute Gasteiger partial charge is 0.324 e. The zero-order valence-corrected chi connectivity index (χ0v) is 10.7. The monoisotopic (exact) mass is 241 g/mol. The molecule has 0 spiro atoms. The van der Waals surface area contributed by atoms with Gasteiger partial charge < -0.3 is 9.84 Å². The molecule has 2 rings (SSSR count). The molecule has 1 aliphatic heterocycles. The minimum atomic E-state index is -0.633. The highest BCUT2D eigenvalue weighted by Gasteiger charge is 2.45. The molecule has 4 nitrogen and oxygen atoms in total. The summed E-state index contributed by atoms with van der Waals surface area (Å²) in [6, 6.07) is 0. The van der Waals surface area contributed by atoms with E-state index in [0.717, 1.165) is 51.8 Å². The van der Waals surface area contributed by atoms with Crippen LogP contribution in [0.5, 0.6) is 0 Å². The van der Waals surface area contributed by atoms with E-state index in [1.807, 2.05) is 6.92 Å². The predicted molar refractivity (Wildman–Crippen MR) is 65.1 cm³/mol. The molecular weight excluding hydrogens is 218 g/mol. The summed E-state index contributed by atoms with van der Waals surface area (Å²) in [6.07, 6.45) is 5.95. The number of hydrogen-bond donors (Lipinski definition) is 1. The molecule has 1 saturated heterocycles. The first-order valence-corrected chi connectivity index (χ1v) is 6.75. The number of ether oxygens (including phenoxy) is 1. The van der Waals surface area contributed by atoms with Crippen molar-refractivity contribution in [3.8, 4) is 0 Å². The number of hydrogen-bond acceptors (Lipinski definition) is 3. The highest BCUT2D eigenvalue weighted by molar-refractivity contribution is 5.79. The van der Waals surface area contributed by atoms with E-state index in [4.69, 9.17) is 4.74 Å². The van der Waals surface area contributed by atoms with Crippen molar-refractivity contribution >= 4 is 5.97 Å². The van der Waals surface area contributed by atoms with Crippen molar-refractivity contribution in [2.24, 2.45) is 0 Å². The van der Waals surface area contributed by atoms with Gasteiger partial charge in [-0.25, -0.2) is 0 Å². The van der Waals surface area contributed by atoms with Gasteiger partial charge in [-0.15, -0.1) is 0 Å². The molecule has 0 aromatic heterocycles. The summed E-state index contributed by atoms with van der Waals surface area (Å²) in [5.74, 6) is -0.633. The van der Waals surface area contributed by atoms with Gasteiger partial charge in [0.2, 0.25) is 0 Å². The molecule has 0 aromatic carbocycles. The average molecular weight is 241 g/mol. The highest BCUT2D eigenvalue weighted by Crippen LogP contribution is 2.35. The Balaban J connectivity index is 2.16. The lowest BCUT2D eigenvalue weighted by Gasteiger charge is -2.43. The SMILES string of the molecule is CC1CN(C2(C(=O)O)CCCCC2)CCCO1. The summed E-state index contributed by atoms with van der Waals surface area (Å²) in [5, 5.41) is 9.64. The molecular formula is C13H23NO3. The van der Waals surface area contributed by atoms with Crippen LogP contribution in [0.3, 0.4) is 0 Å². The molecule has 1 unspecified atom stereocenters. The topological polar surface area (TPSA) is 49.8 Å². The van der Waals surface area contributed by atoms with Gasteiger partial charge in [0.25, 0.3) is 0 Å². The van der Waals surface area contributed by atoms with Crippen LogP contribution in [0.25, 0.3) is 0 Å². The molecule has 1 atom stereocenters. The Labute approximate surface area is 103 Å². The second-order valence-corrected chi connectivity index (χ2v) is 5.38. The number of aliphatic carboxylic acids is 1. The van der Waals surface area contributed by atoms with Crippen LogP contribution in [-0.4, -0.2) is 47.3 Å². The van der Waals surface area contributed by atoms with E-state index in [9.17, 15) is 9.90 Å². The van der Waals surface area contributed by atoms with Crippen molar-refractivity contribution in [2.45, 2.75) is 57.1 Å². The van der Waals surface area contributed by atoms with E-state index in [0.29, 0.717) is 0 Å². The Bertz CT molecular complexity index is 274. The summed E-state index contributed by atoms with van der Waals surface area (Å²) in [5.41, 5.74) is -0.611. The van der Waals surface area contributed by atoms with E-state index in [2.05, 4.69) is 4.90 Å². The van der Waals surface area contributed by atoms with E-state index in [1.54, 1.807) is 0 Å². The van der Waals surface area contributed by atoms with E-state index in [1.165, 1.54) is 6.42 Å². The van der Waals surface area contributed by atoms with Crippen molar-refractivity contribution in [1.29, 1.82) is 0 Å². The second-order valence-electron chi connectivity index (χ2n) is 5.38. The van der Waals surface area contributed by atoms with Crippen LogP contribution in [0.1, 0.15) is 45.4 Å². The maximum Gasteiger partial charge on any atom is 0.324 e. The van der Waals surface area contributed by atoms with Gasteiger partial charge in [0.15, 0.2) is 0 Å². The predicted octanol–water partition coefficient (Wildman–Crippen LogP) is 1.88. The standard InChI is InChI=1S/C13H23NO3/c1-11-10-14(8-5-9-17-11)13(12(15)16)6-3-2-4-7-13/h11H,2-10H2,1H3,(H,15,16). The first-order valence-electron chi connectivity index (χ1n) is 6.75. The van der Waals surface area contributed by atoms with Crippen LogP contribution in [0.2, 0.25) is 0 Å². The number of carboxylic acid groups (broad SMARTS) is 1. The zero-order valence-electron chi connectivity index (χ0n) is 10.7. The van der Waals surface area contributed by atoms with Crippen LogP contribution in [0.4, 0.5) is 0 Å². The Morgan fingerprint density at radius 2 is 2.00 bits per heavy atom. The molecule has 17 heavy (non-hydrogen) atoms. The van der Waals surface area contributed by atoms with Crippen molar-refractivity contribution in [3.63, 3.8) is 0 Å². The highest BCUT2D eigenvalue weighted by atomic mass is 16.5. The third-order valence-electron chi connectivity index (χ3n) is 4.14. The summed E-state index contributed by atoms with van der Waals surface area (Å²) in [4.78, 5) is 13.9. The quantitative estimate of drug-likeness (QED) is 0.802.